The number of halogens is 1. The van der Waals surface area contributed by atoms with Gasteiger partial charge in [0, 0.05) is 26.1 Å². The molecule has 3 atom stereocenters. The lowest BCUT2D eigenvalue weighted by atomic mass is 10.0. The summed E-state index contributed by atoms with van der Waals surface area (Å²) in [7, 11) is 1.61. The van der Waals surface area contributed by atoms with Crippen molar-refractivity contribution in [3.63, 3.8) is 0 Å². The van der Waals surface area contributed by atoms with E-state index in [1.54, 1.807) is 11.9 Å². The van der Waals surface area contributed by atoms with E-state index in [0.717, 1.165) is 6.42 Å². The van der Waals surface area contributed by atoms with Crippen LogP contribution >= 0.6 is 0 Å². The number of carbonyl (C=O) groups is 2. The lowest BCUT2D eigenvalue weighted by Crippen LogP contribution is -2.38. The number of nitrogens with zero attached hydrogens (tertiary/aromatic N) is 1. The normalized spacial score (nSPS) is 35.1. The maximum atomic E-state index is 13.7. The number of hydrogen-bond donors (Lipinski definition) is 1. The largest absolute Gasteiger partial charge is 0.372 e. The van der Waals surface area contributed by atoms with E-state index in [9.17, 15) is 14.0 Å². The molecule has 0 radical (unpaired) electrons. The topological polar surface area (TPSA) is 58.6 Å². The number of rotatable bonds is 3. The number of hydrogen-bond acceptors (Lipinski definition) is 3. The number of carbonyl (C=O) groups excluding carboxylic acids is 2. The van der Waals surface area contributed by atoms with Crippen molar-refractivity contribution in [1.29, 1.82) is 0 Å². The van der Waals surface area contributed by atoms with Gasteiger partial charge < -0.3 is 15.0 Å². The summed E-state index contributed by atoms with van der Waals surface area (Å²) in [5.74, 6) is -0.145. The van der Waals surface area contributed by atoms with Crippen molar-refractivity contribution in [2.24, 2.45) is 5.92 Å². The van der Waals surface area contributed by atoms with Crippen LogP contribution in [-0.4, -0.2) is 54.7 Å². The Morgan fingerprint density at radius 3 is 2.74 bits per heavy atom. The van der Waals surface area contributed by atoms with Gasteiger partial charge in [0.2, 0.25) is 5.91 Å². The smallest absolute Gasteiger partial charge is 0.260 e. The number of ether oxygens (including phenoxy) is 1. The van der Waals surface area contributed by atoms with Crippen molar-refractivity contribution in [3.05, 3.63) is 0 Å². The fraction of sp³-hybridized carbons (Fsp3) is 0.846. The molecule has 1 aliphatic carbocycles. The first kappa shape index (κ1) is 12.8. The highest BCUT2D eigenvalue weighted by Crippen LogP contribution is 2.43. The van der Waals surface area contributed by atoms with Gasteiger partial charge in [-0.25, -0.2) is 4.39 Å². The lowest BCUT2D eigenvalue weighted by molar-refractivity contribution is -0.138. The zero-order valence-corrected chi connectivity index (χ0v) is 11.0. The second kappa shape index (κ2) is 4.44. The molecule has 6 heteroatoms. The molecule has 2 amide bonds. The van der Waals surface area contributed by atoms with E-state index >= 15 is 0 Å². The standard InChI is InChI=1S/C13H19FN2O3/c1-15-11(17)5-9-4-8-6-16(7-10(8)19-9)12(18)13(14)2-3-13/h8-10H,2-7H2,1H3,(H,15,17)/t8-,9-,10+/m0/s1. The van der Waals surface area contributed by atoms with Crippen molar-refractivity contribution in [2.45, 2.75) is 43.6 Å². The van der Waals surface area contributed by atoms with Crippen LogP contribution in [0.3, 0.4) is 0 Å². The van der Waals surface area contributed by atoms with Crippen LogP contribution in [0, 0.1) is 5.92 Å². The highest BCUT2D eigenvalue weighted by Gasteiger charge is 2.55. The molecule has 19 heavy (non-hydrogen) atoms. The van der Waals surface area contributed by atoms with Crippen molar-refractivity contribution >= 4 is 11.8 Å². The molecular weight excluding hydrogens is 251 g/mol. The molecule has 0 spiro atoms. The Labute approximate surface area is 111 Å². The molecule has 2 heterocycles. The quantitative estimate of drug-likeness (QED) is 0.799. The third-order valence-electron chi connectivity index (χ3n) is 4.37. The number of amides is 2. The zero-order valence-electron chi connectivity index (χ0n) is 11.0. The van der Waals surface area contributed by atoms with Gasteiger partial charge in [-0.15, -0.1) is 0 Å². The second-order valence-electron chi connectivity index (χ2n) is 5.85. The number of nitrogens with one attached hydrogen (secondary N) is 1. The van der Waals surface area contributed by atoms with E-state index in [-0.39, 0.29) is 29.9 Å². The van der Waals surface area contributed by atoms with E-state index in [0.29, 0.717) is 32.4 Å². The third-order valence-corrected chi connectivity index (χ3v) is 4.37. The molecule has 0 aromatic carbocycles. The molecule has 106 valence electrons. The summed E-state index contributed by atoms with van der Waals surface area (Å²) >= 11 is 0. The minimum absolute atomic E-state index is 0.0269. The van der Waals surface area contributed by atoms with Gasteiger partial charge in [0.25, 0.3) is 5.91 Å². The van der Waals surface area contributed by atoms with E-state index in [1.807, 2.05) is 0 Å². The van der Waals surface area contributed by atoms with Crippen LogP contribution in [0.1, 0.15) is 25.7 Å². The molecule has 0 unspecified atom stereocenters. The summed E-state index contributed by atoms with van der Waals surface area (Å²) in [4.78, 5) is 24.8. The first-order valence-corrected chi connectivity index (χ1v) is 6.86. The van der Waals surface area contributed by atoms with Gasteiger partial charge in [0.1, 0.15) is 0 Å². The zero-order chi connectivity index (χ0) is 13.6. The molecule has 1 saturated carbocycles. The van der Waals surface area contributed by atoms with Gasteiger partial charge in [0.05, 0.1) is 18.6 Å². The SMILES string of the molecule is CNC(=O)C[C@@H]1C[C@H]2CN(C(=O)C3(F)CC3)C[C@H]2O1. The molecule has 3 fully saturated rings. The lowest BCUT2D eigenvalue weighted by Gasteiger charge is -2.20. The van der Waals surface area contributed by atoms with E-state index < -0.39 is 5.67 Å². The molecule has 3 aliphatic rings. The molecular formula is C13H19FN2O3. The summed E-state index contributed by atoms with van der Waals surface area (Å²) < 4.78 is 19.5. The fourth-order valence-electron chi connectivity index (χ4n) is 3.08. The van der Waals surface area contributed by atoms with Crippen LogP contribution in [0.2, 0.25) is 0 Å². The van der Waals surface area contributed by atoms with Crippen molar-refractivity contribution < 1.29 is 18.7 Å². The minimum atomic E-state index is -1.58. The second-order valence-corrected chi connectivity index (χ2v) is 5.85. The highest BCUT2D eigenvalue weighted by atomic mass is 19.1. The molecule has 1 N–H and O–H groups in total. The summed E-state index contributed by atoms with van der Waals surface area (Å²) in [6, 6.07) is 0. The molecule has 0 bridgehead atoms. The Balaban J connectivity index is 1.53. The van der Waals surface area contributed by atoms with Crippen molar-refractivity contribution in [2.75, 3.05) is 20.1 Å². The van der Waals surface area contributed by atoms with Crippen LogP contribution in [0.25, 0.3) is 0 Å². The number of likely N-dealkylation sites (tertiary alicyclic amines) is 1. The molecule has 3 rings (SSSR count). The molecule has 0 aromatic heterocycles. The summed E-state index contributed by atoms with van der Waals surface area (Å²) in [5, 5.41) is 2.58. The van der Waals surface area contributed by atoms with Crippen LogP contribution < -0.4 is 5.32 Å². The van der Waals surface area contributed by atoms with Gasteiger partial charge in [-0.05, 0) is 19.3 Å². The van der Waals surface area contributed by atoms with Crippen LogP contribution in [0.4, 0.5) is 4.39 Å². The molecule has 0 aromatic rings. The molecule has 5 nitrogen and oxygen atoms in total. The highest BCUT2D eigenvalue weighted by molar-refractivity contribution is 5.88. The number of alkyl halides is 1. The Morgan fingerprint density at radius 1 is 1.42 bits per heavy atom. The van der Waals surface area contributed by atoms with Gasteiger partial charge in [-0.2, -0.15) is 0 Å². The van der Waals surface area contributed by atoms with E-state index in [1.165, 1.54) is 0 Å². The van der Waals surface area contributed by atoms with E-state index in [2.05, 4.69) is 5.32 Å². The third kappa shape index (κ3) is 2.33. The maximum Gasteiger partial charge on any atom is 0.260 e. The Bertz CT molecular complexity index is 397. The monoisotopic (exact) mass is 270 g/mol. The summed E-state index contributed by atoms with van der Waals surface area (Å²) in [5.41, 5.74) is -1.58. The Morgan fingerprint density at radius 2 is 2.16 bits per heavy atom. The predicted octanol–water partition coefficient (Wildman–Crippen LogP) is 0.240. The van der Waals surface area contributed by atoms with Gasteiger partial charge >= 0.3 is 0 Å². The maximum absolute atomic E-state index is 13.7. The predicted molar refractivity (Wildman–Crippen MR) is 65.1 cm³/mol. The van der Waals surface area contributed by atoms with Gasteiger partial charge in [0.15, 0.2) is 5.67 Å². The van der Waals surface area contributed by atoms with Crippen LogP contribution in [0.15, 0.2) is 0 Å². The molecule has 2 aliphatic heterocycles. The first-order chi connectivity index (χ1) is 9.01. The Hall–Kier alpha value is -1.17. The average Bonchev–Trinajstić information content (AvgIpc) is 2.84. The fourth-order valence-corrected chi connectivity index (χ4v) is 3.08. The first-order valence-electron chi connectivity index (χ1n) is 6.86. The minimum Gasteiger partial charge on any atom is -0.372 e. The molecule has 2 saturated heterocycles. The van der Waals surface area contributed by atoms with Crippen LogP contribution in [0.5, 0.6) is 0 Å². The van der Waals surface area contributed by atoms with Crippen LogP contribution in [-0.2, 0) is 14.3 Å². The average molecular weight is 270 g/mol. The number of fused-ring (bicyclic) bond motifs is 1. The van der Waals surface area contributed by atoms with Crippen molar-refractivity contribution in [1.82, 2.24) is 10.2 Å². The van der Waals surface area contributed by atoms with Gasteiger partial charge in [-0.3, -0.25) is 9.59 Å². The van der Waals surface area contributed by atoms with E-state index in [4.69, 9.17) is 4.74 Å². The van der Waals surface area contributed by atoms with Gasteiger partial charge in [-0.1, -0.05) is 0 Å². The summed E-state index contributed by atoms with van der Waals surface area (Å²) in [6.07, 6.45) is 1.77. The van der Waals surface area contributed by atoms with Crippen molar-refractivity contribution in [3.8, 4) is 0 Å². The Kier molecular flexibility index (Phi) is 3.00. The summed E-state index contributed by atoms with van der Waals surface area (Å²) in [6.45, 7) is 1.04.